The number of hydrogen-bond acceptors (Lipinski definition) is 2. The minimum absolute atomic E-state index is 0.233. The topological polar surface area (TPSA) is 69.6 Å². The maximum atomic E-state index is 12.3. The molecular formula is C15H18Cl2N2O3. The quantitative estimate of drug-likeness (QED) is 0.880. The van der Waals surface area contributed by atoms with E-state index < -0.39 is 11.9 Å². The second kappa shape index (κ2) is 7.20. The van der Waals surface area contributed by atoms with Crippen molar-refractivity contribution in [2.24, 2.45) is 5.92 Å². The van der Waals surface area contributed by atoms with E-state index in [0.29, 0.717) is 29.4 Å². The molecule has 5 nitrogen and oxygen atoms in total. The van der Waals surface area contributed by atoms with Crippen LogP contribution >= 0.6 is 23.2 Å². The van der Waals surface area contributed by atoms with E-state index >= 15 is 0 Å². The van der Waals surface area contributed by atoms with Crippen molar-refractivity contribution in [3.05, 3.63) is 33.8 Å². The number of carbonyl (C=O) groups excluding carboxylic acids is 1. The number of rotatable bonds is 3. The van der Waals surface area contributed by atoms with E-state index in [-0.39, 0.29) is 18.6 Å². The molecule has 0 spiro atoms. The van der Waals surface area contributed by atoms with Gasteiger partial charge in [0.15, 0.2) is 0 Å². The van der Waals surface area contributed by atoms with Crippen molar-refractivity contribution in [1.29, 1.82) is 0 Å². The van der Waals surface area contributed by atoms with Crippen LogP contribution in [0.4, 0.5) is 4.79 Å². The first-order valence-electron chi connectivity index (χ1n) is 7.11. The number of piperidine rings is 1. The molecule has 1 fully saturated rings. The van der Waals surface area contributed by atoms with E-state index in [2.05, 4.69) is 5.32 Å². The van der Waals surface area contributed by atoms with Crippen LogP contribution in [-0.4, -0.2) is 35.1 Å². The van der Waals surface area contributed by atoms with Crippen LogP contribution in [0.15, 0.2) is 18.2 Å². The number of hydrogen-bond donors (Lipinski definition) is 2. The Balaban J connectivity index is 2.01. The van der Waals surface area contributed by atoms with Crippen molar-refractivity contribution in [1.82, 2.24) is 10.2 Å². The predicted molar refractivity (Wildman–Crippen MR) is 85.3 cm³/mol. The van der Waals surface area contributed by atoms with Gasteiger partial charge in [-0.3, -0.25) is 4.79 Å². The molecule has 0 aliphatic carbocycles. The number of aliphatic carboxylic acids is 1. The van der Waals surface area contributed by atoms with Crippen molar-refractivity contribution >= 4 is 35.2 Å². The van der Waals surface area contributed by atoms with E-state index in [9.17, 15) is 9.59 Å². The van der Waals surface area contributed by atoms with Crippen molar-refractivity contribution < 1.29 is 14.7 Å². The Morgan fingerprint density at radius 3 is 2.82 bits per heavy atom. The number of benzene rings is 1. The smallest absolute Gasteiger partial charge is 0.317 e. The lowest BCUT2D eigenvalue weighted by atomic mass is 9.98. The highest BCUT2D eigenvalue weighted by Crippen LogP contribution is 2.26. The molecule has 1 saturated heterocycles. The fraction of sp³-hybridized carbons (Fsp3) is 0.467. The highest BCUT2D eigenvalue weighted by atomic mass is 35.5. The highest BCUT2D eigenvalue weighted by molar-refractivity contribution is 6.33. The summed E-state index contributed by atoms with van der Waals surface area (Å²) >= 11 is 12.1. The Labute approximate surface area is 139 Å². The fourth-order valence-corrected chi connectivity index (χ4v) is 3.03. The standard InChI is InChI=1S/C15H18Cl2N2O3/c1-9(12-7-11(16)4-5-13(12)17)18-15(22)19-6-2-3-10(8-19)14(20)21/h4-5,7,9-10H,2-3,6,8H2,1H3,(H,18,22)(H,20,21). The maximum Gasteiger partial charge on any atom is 0.317 e. The van der Waals surface area contributed by atoms with E-state index in [1.807, 2.05) is 6.92 Å². The van der Waals surface area contributed by atoms with Gasteiger partial charge in [0.05, 0.1) is 12.0 Å². The summed E-state index contributed by atoms with van der Waals surface area (Å²) in [6.07, 6.45) is 1.30. The summed E-state index contributed by atoms with van der Waals surface area (Å²) in [7, 11) is 0. The van der Waals surface area contributed by atoms with Crippen LogP contribution in [0.2, 0.25) is 10.0 Å². The summed E-state index contributed by atoms with van der Waals surface area (Å²) in [5, 5.41) is 13.0. The normalized spacial score (nSPS) is 19.6. The molecule has 1 heterocycles. The molecular weight excluding hydrogens is 327 g/mol. The average molecular weight is 345 g/mol. The number of carboxylic acids is 1. The zero-order valence-electron chi connectivity index (χ0n) is 12.2. The minimum atomic E-state index is -0.858. The molecule has 22 heavy (non-hydrogen) atoms. The first kappa shape index (κ1) is 16.9. The van der Waals surface area contributed by atoms with Gasteiger partial charge in [-0.2, -0.15) is 0 Å². The van der Waals surface area contributed by atoms with E-state index in [4.69, 9.17) is 28.3 Å². The fourth-order valence-electron chi connectivity index (χ4n) is 2.56. The third kappa shape index (κ3) is 4.05. The first-order valence-corrected chi connectivity index (χ1v) is 7.87. The lowest BCUT2D eigenvalue weighted by Crippen LogP contribution is -2.47. The van der Waals surface area contributed by atoms with Crippen LogP contribution in [0.3, 0.4) is 0 Å². The molecule has 2 rings (SSSR count). The third-order valence-electron chi connectivity index (χ3n) is 3.82. The second-order valence-electron chi connectivity index (χ2n) is 5.46. The summed E-state index contributed by atoms with van der Waals surface area (Å²) in [6.45, 7) is 2.61. The van der Waals surface area contributed by atoms with Crippen molar-refractivity contribution in [3.8, 4) is 0 Å². The number of nitrogens with zero attached hydrogens (tertiary/aromatic N) is 1. The molecule has 0 bridgehead atoms. The van der Waals surface area contributed by atoms with Gasteiger partial charge in [-0.1, -0.05) is 23.2 Å². The van der Waals surface area contributed by atoms with Crippen molar-refractivity contribution in [2.75, 3.05) is 13.1 Å². The predicted octanol–water partition coefficient (Wildman–Crippen LogP) is 3.56. The Bertz CT molecular complexity index is 580. The highest BCUT2D eigenvalue weighted by Gasteiger charge is 2.28. The molecule has 1 aliphatic heterocycles. The largest absolute Gasteiger partial charge is 0.481 e. The Kier molecular flexibility index (Phi) is 5.53. The zero-order valence-corrected chi connectivity index (χ0v) is 13.7. The van der Waals surface area contributed by atoms with Gasteiger partial charge >= 0.3 is 12.0 Å². The molecule has 2 amide bonds. The number of halogens is 2. The van der Waals surface area contributed by atoms with Crippen LogP contribution < -0.4 is 5.32 Å². The SMILES string of the molecule is CC(NC(=O)N1CCCC(C(=O)O)C1)c1cc(Cl)ccc1Cl. The summed E-state index contributed by atoms with van der Waals surface area (Å²) in [6, 6.07) is 4.48. The monoisotopic (exact) mass is 344 g/mol. The average Bonchev–Trinajstić information content (AvgIpc) is 2.49. The molecule has 0 saturated carbocycles. The van der Waals surface area contributed by atoms with Crippen LogP contribution in [0.1, 0.15) is 31.4 Å². The lowest BCUT2D eigenvalue weighted by Gasteiger charge is -2.32. The molecule has 7 heteroatoms. The third-order valence-corrected chi connectivity index (χ3v) is 4.40. The van der Waals surface area contributed by atoms with Gasteiger partial charge in [0.25, 0.3) is 0 Å². The molecule has 0 radical (unpaired) electrons. The molecule has 1 aliphatic rings. The molecule has 2 unspecified atom stereocenters. The number of carbonyl (C=O) groups is 2. The van der Waals surface area contributed by atoms with Gasteiger partial charge in [-0.25, -0.2) is 4.79 Å². The van der Waals surface area contributed by atoms with Crippen LogP contribution in [0.25, 0.3) is 0 Å². The maximum absolute atomic E-state index is 12.3. The molecule has 2 atom stereocenters. The summed E-state index contributed by atoms with van der Waals surface area (Å²) in [4.78, 5) is 24.9. The first-order chi connectivity index (χ1) is 10.4. The second-order valence-corrected chi connectivity index (χ2v) is 6.30. The lowest BCUT2D eigenvalue weighted by molar-refractivity contribution is -0.143. The van der Waals surface area contributed by atoms with E-state index in [1.54, 1.807) is 18.2 Å². The number of likely N-dealkylation sites (tertiary alicyclic amines) is 1. The van der Waals surface area contributed by atoms with Crippen LogP contribution in [0, 0.1) is 5.92 Å². The summed E-state index contributed by atoms with van der Waals surface area (Å²) in [5.74, 6) is -1.35. The van der Waals surface area contributed by atoms with Gasteiger partial charge in [0.2, 0.25) is 0 Å². The molecule has 1 aromatic carbocycles. The van der Waals surface area contributed by atoms with Crippen LogP contribution in [0.5, 0.6) is 0 Å². The van der Waals surface area contributed by atoms with Crippen molar-refractivity contribution in [3.63, 3.8) is 0 Å². The molecule has 0 aromatic heterocycles. The Morgan fingerprint density at radius 2 is 2.14 bits per heavy atom. The zero-order chi connectivity index (χ0) is 16.3. The summed E-state index contributed by atoms with van der Waals surface area (Å²) in [5.41, 5.74) is 0.731. The van der Waals surface area contributed by atoms with Gasteiger partial charge < -0.3 is 15.3 Å². The number of urea groups is 1. The molecule has 1 aromatic rings. The van der Waals surface area contributed by atoms with E-state index in [0.717, 1.165) is 5.56 Å². The molecule has 2 N–H and O–H groups in total. The number of amides is 2. The van der Waals surface area contributed by atoms with Crippen molar-refractivity contribution in [2.45, 2.75) is 25.8 Å². The number of nitrogens with one attached hydrogen (secondary N) is 1. The van der Waals surface area contributed by atoms with Gasteiger partial charge in [-0.05, 0) is 43.5 Å². The molecule has 120 valence electrons. The van der Waals surface area contributed by atoms with Gasteiger partial charge in [-0.15, -0.1) is 0 Å². The van der Waals surface area contributed by atoms with Gasteiger partial charge in [0, 0.05) is 23.1 Å². The Morgan fingerprint density at radius 1 is 1.41 bits per heavy atom. The number of carboxylic acid groups (broad SMARTS) is 1. The van der Waals surface area contributed by atoms with Crippen LogP contribution in [-0.2, 0) is 4.79 Å². The Hall–Kier alpha value is -1.46. The minimum Gasteiger partial charge on any atom is -0.481 e. The van der Waals surface area contributed by atoms with E-state index in [1.165, 1.54) is 4.90 Å². The summed E-state index contributed by atoms with van der Waals surface area (Å²) < 4.78 is 0. The van der Waals surface area contributed by atoms with Gasteiger partial charge in [0.1, 0.15) is 0 Å².